The summed E-state index contributed by atoms with van der Waals surface area (Å²) in [4.78, 5) is 11.4. The number of ether oxygens (including phenoxy) is 1. The molecule has 2 aromatic rings. The van der Waals surface area contributed by atoms with Crippen LogP contribution in [0.15, 0.2) is 35.5 Å². The third-order valence-electron chi connectivity index (χ3n) is 2.48. The van der Waals surface area contributed by atoms with E-state index in [1.807, 2.05) is 37.3 Å². The normalized spacial score (nSPS) is 10.4. The highest BCUT2D eigenvalue weighted by Gasteiger charge is 2.13. The summed E-state index contributed by atoms with van der Waals surface area (Å²) >= 11 is 1.21. The van der Waals surface area contributed by atoms with Crippen LogP contribution in [0.1, 0.15) is 13.3 Å². The van der Waals surface area contributed by atoms with Crippen molar-refractivity contribution >= 4 is 17.7 Å². The van der Waals surface area contributed by atoms with E-state index in [1.165, 1.54) is 16.4 Å². The van der Waals surface area contributed by atoms with Gasteiger partial charge in [0.25, 0.3) is 0 Å². The molecule has 0 saturated heterocycles. The molecule has 6 nitrogen and oxygen atoms in total. The second kappa shape index (κ2) is 6.95. The first-order chi connectivity index (χ1) is 9.72. The van der Waals surface area contributed by atoms with Gasteiger partial charge in [0.05, 0.1) is 12.4 Å². The van der Waals surface area contributed by atoms with Crippen molar-refractivity contribution in [3.05, 3.63) is 30.3 Å². The van der Waals surface area contributed by atoms with Gasteiger partial charge in [0.2, 0.25) is 5.16 Å². The Morgan fingerprint density at radius 2 is 2.10 bits per heavy atom. The van der Waals surface area contributed by atoms with Gasteiger partial charge in [0.1, 0.15) is 0 Å². The zero-order valence-corrected chi connectivity index (χ0v) is 12.0. The summed E-state index contributed by atoms with van der Waals surface area (Å²) in [6, 6.07) is 9.52. The van der Waals surface area contributed by atoms with E-state index in [-0.39, 0.29) is 11.7 Å². The Kier molecular flexibility index (Phi) is 5.00. The summed E-state index contributed by atoms with van der Waals surface area (Å²) in [7, 11) is 0. The number of carbonyl (C=O) groups excluding carboxylic acids is 1. The highest BCUT2D eigenvalue weighted by Crippen LogP contribution is 2.21. The second-order valence-corrected chi connectivity index (χ2v) is 4.99. The Balaban J connectivity index is 2.01. The molecular formula is C13H16N4O2S. The van der Waals surface area contributed by atoms with Crippen LogP contribution in [-0.4, -0.2) is 33.2 Å². The Morgan fingerprint density at radius 1 is 1.35 bits per heavy atom. The highest BCUT2D eigenvalue weighted by molar-refractivity contribution is 7.99. The molecule has 1 aromatic carbocycles. The number of nitrogens with zero attached hydrogens (tertiary/aromatic N) is 3. The van der Waals surface area contributed by atoms with Crippen LogP contribution in [0.4, 0.5) is 0 Å². The molecule has 0 fully saturated rings. The lowest BCUT2D eigenvalue weighted by molar-refractivity contribution is -0.140. The Bertz CT molecular complexity index is 571. The van der Waals surface area contributed by atoms with Gasteiger partial charge in [-0.2, -0.15) is 0 Å². The predicted molar refractivity (Wildman–Crippen MR) is 77.6 cm³/mol. The lowest BCUT2D eigenvalue weighted by Gasteiger charge is -2.04. The fourth-order valence-electron chi connectivity index (χ4n) is 1.54. The zero-order chi connectivity index (χ0) is 14.4. The highest BCUT2D eigenvalue weighted by atomic mass is 32.2. The van der Waals surface area contributed by atoms with E-state index < -0.39 is 0 Å². The minimum Gasteiger partial charge on any atom is -0.465 e. The lowest BCUT2D eigenvalue weighted by Crippen LogP contribution is -2.13. The number of rotatable bonds is 6. The lowest BCUT2D eigenvalue weighted by atomic mass is 10.2. The van der Waals surface area contributed by atoms with Crippen molar-refractivity contribution in [1.82, 2.24) is 14.9 Å². The van der Waals surface area contributed by atoms with Crippen LogP contribution in [0.5, 0.6) is 0 Å². The van der Waals surface area contributed by atoms with Gasteiger partial charge >= 0.3 is 5.97 Å². The fraction of sp³-hybridized carbons (Fsp3) is 0.308. The first-order valence-corrected chi connectivity index (χ1v) is 7.25. The number of hydrogen-bond acceptors (Lipinski definition) is 6. The maximum absolute atomic E-state index is 11.4. The van der Waals surface area contributed by atoms with Gasteiger partial charge in [-0.05, 0) is 6.42 Å². The molecule has 106 valence electrons. The van der Waals surface area contributed by atoms with E-state index in [0.717, 1.165) is 12.0 Å². The van der Waals surface area contributed by atoms with Crippen molar-refractivity contribution in [3.8, 4) is 11.4 Å². The number of nitrogen functional groups attached to an aromatic ring is 1. The first-order valence-electron chi connectivity index (χ1n) is 6.26. The van der Waals surface area contributed by atoms with Crippen LogP contribution in [0.25, 0.3) is 11.4 Å². The van der Waals surface area contributed by atoms with Crippen molar-refractivity contribution in [1.29, 1.82) is 0 Å². The molecule has 0 bridgehead atoms. The van der Waals surface area contributed by atoms with E-state index in [0.29, 0.717) is 17.6 Å². The Hall–Kier alpha value is -2.02. The number of nitrogens with two attached hydrogens (primary N) is 1. The number of esters is 1. The molecule has 0 amide bonds. The van der Waals surface area contributed by atoms with E-state index in [4.69, 9.17) is 10.6 Å². The third kappa shape index (κ3) is 3.51. The molecule has 0 aliphatic heterocycles. The SMILES string of the molecule is CCCOC(=O)CSc1nnc(-c2ccccc2)n1N. The predicted octanol–water partition coefficient (Wildman–Crippen LogP) is 1.70. The molecule has 7 heteroatoms. The summed E-state index contributed by atoms with van der Waals surface area (Å²) in [6.07, 6.45) is 0.807. The maximum Gasteiger partial charge on any atom is 0.316 e. The molecule has 2 N–H and O–H groups in total. The fourth-order valence-corrected chi connectivity index (χ4v) is 2.19. The standard InChI is InChI=1S/C13H16N4O2S/c1-2-8-19-11(18)9-20-13-16-15-12(17(13)14)10-6-4-3-5-7-10/h3-7H,2,8-9,14H2,1H3. The van der Waals surface area contributed by atoms with Crippen molar-refractivity contribution in [3.63, 3.8) is 0 Å². The molecular weight excluding hydrogens is 276 g/mol. The minimum absolute atomic E-state index is 0.171. The van der Waals surface area contributed by atoms with Crippen LogP contribution in [-0.2, 0) is 9.53 Å². The van der Waals surface area contributed by atoms with Crippen LogP contribution >= 0.6 is 11.8 Å². The molecule has 0 saturated carbocycles. The van der Waals surface area contributed by atoms with Gasteiger partial charge in [-0.3, -0.25) is 4.79 Å². The number of hydrogen-bond donors (Lipinski definition) is 1. The molecule has 1 heterocycles. The van der Waals surface area contributed by atoms with Gasteiger partial charge in [-0.1, -0.05) is 49.0 Å². The van der Waals surface area contributed by atoms with Crippen molar-refractivity contribution < 1.29 is 9.53 Å². The molecule has 2 rings (SSSR count). The minimum atomic E-state index is -0.277. The molecule has 0 unspecified atom stereocenters. The molecule has 0 spiro atoms. The van der Waals surface area contributed by atoms with Crippen molar-refractivity contribution in [2.45, 2.75) is 18.5 Å². The summed E-state index contributed by atoms with van der Waals surface area (Å²) in [5.41, 5.74) is 0.878. The topological polar surface area (TPSA) is 83.0 Å². The maximum atomic E-state index is 11.4. The van der Waals surface area contributed by atoms with Crippen LogP contribution < -0.4 is 5.84 Å². The monoisotopic (exact) mass is 292 g/mol. The van der Waals surface area contributed by atoms with Gasteiger partial charge < -0.3 is 10.6 Å². The smallest absolute Gasteiger partial charge is 0.316 e. The van der Waals surface area contributed by atoms with E-state index >= 15 is 0 Å². The number of benzene rings is 1. The molecule has 20 heavy (non-hydrogen) atoms. The summed E-state index contributed by atoms with van der Waals surface area (Å²) in [6.45, 7) is 2.38. The molecule has 0 atom stereocenters. The van der Waals surface area contributed by atoms with Crippen molar-refractivity contribution in [2.75, 3.05) is 18.2 Å². The van der Waals surface area contributed by atoms with E-state index in [2.05, 4.69) is 10.2 Å². The summed E-state index contributed by atoms with van der Waals surface area (Å²) in [5, 5.41) is 8.51. The van der Waals surface area contributed by atoms with Crippen LogP contribution in [0, 0.1) is 0 Å². The number of carbonyl (C=O) groups is 1. The Morgan fingerprint density at radius 3 is 2.80 bits per heavy atom. The van der Waals surface area contributed by atoms with Crippen LogP contribution in [0.2, 0.25) is 0 Å². The number of aromatic nitrogens is 3. The van der Waals surface area contributed by atoms with Crippen molar-refractivity contribution in [2.24, 2.45) is 0 Å². The molecule has 0 radical (unpaired) electrons. The third-order valence-corrected chi connectivity index (χ3v) is 3.40. The average molecular weight is 292 g/mol. The van der Waals surface area contributed by atoms with Crippen LogP contribution in [0.3, 0.4) is 0 Å². The summed E-state index contributed by atoms with van der Waals surface area (Å²) < 4.78 is 6.37. The van der Waals surface area contributed by atoms with Gasteiger partial charge in [-0.25, -0.2) is 4.68 Å². The van der Waals surface area contributed by atoms with E-state index in [1.54, 1.807) is 0 Å². The summed E-state index contributed by atoms with van der Waals surface area (Å²) in [5.74, 6) is 6.40. The average Bonchev–Trinajstić information content (AvgIpc) is 2.85. The van der Waals surface area contributed by atoms with Gasteiger partial charge in [-0.15, -0.1) is 10.2 Å². The van der Waals surface area contributed by atoms with Gasteiger partial charge in [0.15, 0.2) is 5.82 Å². The first kappa shape index (κ1) is 14.4. The second-order valence-electron chi connectivity index (χ2n) is 4.05. The molecule has 0 aliphatic rings. The zero-order valence-electron chi connectivity index (χ0n) is 11.2. The Labute approximate surface area is 121 Å². The largest absolute Gasteiger partial charge is 0.465 e. The quantitative estimate of drug-likeness (QED) is 0.496. The van der Waals surface area contributed by atoms with E-state index in [9.17, 15) is 4.79 Å². The molecule has 0 aliphatic carbocycles. The molecule has 1 aromatic heterocycles. The van der Waals surface area contributed by atoms with Gasteiger partial charge in [0, 0.05) is 5.56 Å². The number of thioether (sulfide) groups is 1.